The summed E-state index contributed by atoms with van der Waals surface area (Å²) in [6, 6.07) is 9.73. The molecule has 7 heteroatoms. The van der Waals surface area contributed by atoms with Gasteiger partial charge in [-0.2, -0.15) is 0 Å². The Kier molecular flexibility index (Phi) is 9.56. The van der Waals surface area contributed by atoms with Crippen molar-refractivity contribution in [2.75, 3.05) is 26.8 Å². The molecule has 1 saturated heterocycles. The van der Waals surface area contributed by atoms with Gasteiger partial charge in [-0.15, -0.1) is 5.92 Å². The minimum atomic E-state index is -0.478. The fourth-order valence-electron chi connectivity index (χ4n) is 3.01. The van der Waals surface area contributed by atoms with E-state index in [0.717, 1.165) is 12.0 Å². The molecule has 0 aliphatic carbocycles. The van der Waals surface area contributed by atoms with Crippen LogP contribution in [0.25, 0.3) is 0 Å². The molecular weight excluding hydrogens is 372 g/mol. The molecule has 0 radical (unpaired) electrons. The monoisotopic (exact) mass is 400 g/mol. The van der Waals surface area contributed by atoms with E-state index in [0.29, 0.717) is 45.2 Å². The summed E-state index contributed by atoms with van der Waals surface area (Å²) >= 11 is 0. The Morgan fingerprint density at radius 3 is 2.79 bits per heavy atom. The quantitative estimate of drug-likeness (QED) is 0.391. The first-order valence-corrected chi connectivity index (χ1v) is 9.86. The Balaban J connectivity index is 1.66. The first-order valence-electron chi connectivity index (χ1n) is 9.86. The summed E-state index contributed by atoms with van der Waals surface area (Å²) in [5, 5.41) is 2.73. The molecule has 7 nitrogen and oxygen atoms in total. The number of likely N-dealkylation sites (tertiary alicyclic amines) is 1. The Hall–Kier alpha value is -3.01. The zero-order chi connectivity index (χ0) is 20.9. The van der Waals surface area contributed by atoms with Crippen molar-refractivity contribution in [1.29, 1.82) is 0 Å². The molecule has 29 heavy (non-hydrogen) atoms. The van der Waals surface area contributed by atoms with Crippen LogP contribution in [0.5, 0.6) is 0 Å². The number of hydrogen-bond donors (Lipinski definition) is 1. The molecule has 1 fully saturated rings. The van der Waals surface area contributed by atoms with E-state index in [1.54, 1.807) is 4.90 Å². The number of esters is 1. The van der Waals surface area contributed by atoms with Crippen molar-refractivity contribution in [2.24, 2.45) is 0 Å². The van der Waals surface area contributed by atoms with Crippen molar-refractivity contribution in [1.82, 2.24) is 10.2 Å². The molecule has 0 bridgehead atoms. The Labute approximate surface area is 171 Å². The van der Waals surface area contributed by atoms with Crippen LogP contribution in [0.4, 0.5) is 4.79 Å². The zero-order valence-electron chi connectivity index (χ0n) is 16.8. The molecular formula is C22H28N2O5. The van der Waals surface area contributed by atoms with Crippen LogP contribution in [0, 0.1) is 11.8 Å². The highest BCUT2D eigenvalue weighted by molar-refractivity contribution is 5.79. The number of ether oxygens (including phenoxy) is 2. The third-order valence-corrected chi connectivity index (χ3v) is 4.67. The van der Waals surface area contributed by atoms with E-state index >= 15 is 0 Å². The number of rotatable bonds is 9. The van der Waals surface area contributed by atoms with Gasteiger partial charge in [0.2, 0.25) is 5.91 Å². The molecule has 1 aliphatic heterocycles. The van der Waals surface area contributed by atoms with Gasteiger partial charge in [-0.1, -0.05) is 36.3 Å². The number of amides is 2. The summed E-state index contributed by atoms with van der Waals surface area (Å²) in [5.41, 5.74) is 1.14. The molecule has 1 aromatic carbocycles. The minimum absolute atomic E-state index is 0.0203. The highest BCUT2D eigenvalue weighted by Gasteiger charge is 2.31. The van der Waals surface area contributed by atoms with Gasteiger partial charge >= 0.3 is 12.1 Å². The van der Waals surface area contributed by atoms with Gasteiger partial charge in [-0.05, 0) is 24.8 Å². The zero-order valence-corrected chi connectivity index (χ0v) is 16.8. The van der Waals surface area contributed by atoms with Crippen LogP contribution in [0.1, 0.15) is 37.7 Å². The highest BCUT2D eigenvalue weighted by atomic mass is 16.5. The van der Waals surface area contributed by atoms with E-state index in [4.69, 9.17) is 4.74 Å². The first kappa shape index (κ1) is 22.3. The minimum Gasteiger partial charge on any atom is -0.469 e. The topological polar surface area (TPSA) is 84.9 Å². The van der Waals surface area contributed by atoms with Gasteiger partial charge in [0, 0.05) is 25.8 Å². The third-order valence-electron chi connectivity index (χ3n) is 4.67. The lowest BCUT2D eigenvalue weighted by Crippen LogP contribution is -2.38. The summed E-state index contributed by atoms with van der Waals surface area (Å²) in [6.07, 6.45) is 2.88. The summed E-state index contributed by atoms with van der Waals surface area (Å²) in [6.45, 7) is 0.959. The van der Waals surface area contributed by atoms with Crippen molar-refractivity contribution >= 4 is 18.0 Å². The van der Waals surface area contributed by atoms with E-state index in [9.17, 15) is 14.4 Å². The molecule has 0 saturated carbocycles. The van der Waals surface area contributed by atoms with Crippen molar-refractivity contribution in [3.63, 3.8) is 0 Å². The molecule has 0 aromatic heterocycles. The second-order valence-corrected chi connectivity index (χ2v) is 6.76. The predicted octanol–water partition coefficient (Wildman–Crippen LogP) is 2.29. The molecule has 1 atom stereocenters. The third kappa shape index (κ3) is 8.26. The average Bonchev–Trinajstić information content (AvgIpc) is 3.09. The van der Waals surface area contributed by atoms with Crippen LogP contribution < -0.4 is 5.32 Å². The van der Waals surface area contributed by atoms with E-state index in [1.807, 2.05) is 30.3 Å². The van der Waals surface area contributed by atoms with Crippen molar-refractivity contribution in [3.8, 4) is 11.8 Å². The summed E-state index contributed by atoms with van der Waals surface area (Å²) in [5.74, 6) is 5.71. The van der Waals surface area contributed by atoms with Gasteiger partial charge in [-0.3, -0.25) is 9.59 Å². The Morgan fingerprint density at radius 1 is 1.24 bits per heavy atom. The number of hydrogen-bond acceptors (Lipinski definition) is 5. The van der Waals surface area contributed by atoms with Crippen molar-refractivity contribution in [2.45, 2.75) is 44.6 Å². The van der Waals surface area contributed by atoms with Crippen LogP contribution in [-0.4, -0.2) is 55.7 Å². The van der Waals surface area contributed by atoms with Crippen molar-refractivity contribution in [3.05, 3.63) is 35.9 Å². The number of carbonyl (C=O) groups excluding carboxylic acids is 3. The van der Waals surface area contributed by atoms with Crippen LogP contribution in [-0.2, 0) is 25.5 Å². The first-order chi connectivity index (χ1) is 14.1. The summed E-state index contributed by atoms with van der Waals surface area (Å²) in [4.78, 5) is 36.6. The number of benzene rings is 1. The Morgan fingerprint density at radius 2 is 2.03 bits per heavy atom. The number of alkyl carbamates (subject to hydrolysis) is 1. The lowest BCUT2D eigenvalue weighted by molar-refractivity contribution is -0.140. The maximum atomic E-state index is 12.0. The molecule has 1 aliphatic rings. The lowest BCUT2D eigenvalue weighted by atomic mass is 10.1. The smallest absolute Gasteiger partial charge is 0.407 e. The molecule has 2 amide bonds. The predicted molar refractivity (Wildman–Crippen MR) is 108 cm³/mol. The summed E-state index contributed by atoms with van der Waals surface area (Å²) in [7, 11) is 1.36. The molecule has 1 aromatic rings. The number of nitrogens with one attached hydrogen (secondary N) is 1. The fraction of sp³-hybridized carbons (Fsp3) is 0.500. The van der Waals surface area contributed by atoms with Crippen LogP contribution in [0.3, 0.4) is 0 Å². The van der Waals surface area contributed by atoms with Crippen LogP contribution >= 0.6 is 0 Å². The SMILES string of the molecule is COC(=O)CCCC#CCN1C(=O)CCC1COC(=O)NCCc1ccccc1. The van der Waals surface area contributed by atoms with Gasteiger partial charge in [0.05, 0.1) is 19.7 Å². The normalized spacial score (nSPS) is 15.4. The summed E-state index contributed by atoms with van der Waals surface area (Å²) < 4.78 is 9.86. The standard InChI is InChI=1S/C22H28N2O5/c1-28-21(26)11-7-2-3-8-16-24-19(12-13-20(24)25)17-29-22(27)23-15-14-18-9-5-4-6-10-18/h4-6,9-10,19H,2,7,11-17H2,1H3,(H,23,27). The molecule has 2 rings (SSSR count). The van der Waals surface area contributed by atoms with E-state index in [1.165, 1.54) is 7.11 Å². The van der Waals surface area contributed by atoms with Gasteiger partial charge in [-0.25, -0.2) is 4.79 Å². The van der Waals surface area contributed by atoms with E-state index in [2.05, 4.69) is 21.9 Å². The van der Waals surface area contributed by atoms with Gasteiger partial charge < -0.3 is 19.7 Å². The molecule has 156 valence electrons. The number of unbranched alkanes of at least 4 members (excludes halogenated alkanes) is 1. The van der Waals surface area contributed by atoms with Crippen molar-refractivity contribution < 1.29 is 23.9 Å². The molecule has 1 unspecified atom stereocenters. The largest absolute Gasteiger partial charge is 0.469 e. The maximum absolute atomic E-state index is 12.0. The van der Waals surface area contributed by atoms with Gasteiger partial charge in [0.25, 0.3) is 0 Å². The van der Waals surface area contributed by atoms with Gasteiger partial charge in [0.15, 0.2) is 0 Å². The second-order valence-electron chi connectivity index (χ2n) is 6.76. The second kappa shape index (κ2) is 12.4. The van der Waals surface area contributed by atoms with E-state index in [-0.39, 0.29) is 24.5 Å². The van der Waals surface area contributed by atoms with E-state index < -0.39 is 6.09 Å². The number of methoxy groups -OCH3 is 1. The number of nitrogens with zero attached hydrogens (tertiary/aromatic N) is 1. The van der Waals surface area contributed by atoms with Crippen LogP contribution in [0.15, 0.2) is 30.3 Å². The van der Waals surface area contributed by atoms with Gasteiger partial charge in [0.1, 0.15) is 6.61 Å². The molecule has 1 heterocycles. The average molecular weight is 400 g/mol. The highest BCUT2D eigenvalue weighted by Crippen LogP contribution is 2.18. The molecule has 1 N–H and O–H groups in total. The number of carbonyl (C=O) groups is 3. The lowest BCUT2D eigenvalue weighted by Gasteiger charge is -2.22. The van der Waals surface area contributed by atoms with Crippen LogP contribution in [0.2, 0.25) is 0 Å². The molecule has 0 spiro atoms. The fourth-order valence-corrected chi connectivity index (χ4v) is 3.01. The maximum Gasteiger partial charge on any atom is 0.407 e. The Bertz CT molecular complexity index is 739.